The molecule has 0 aliphatic heterocycles. The highest BCUT2D eigenvalue weighted by Crippen LogP contribution is 2.18. The lowest BCUT2D eigenvalue weighted by Gasteiger charge is -2.09. The maximum absolute atomic E-state index is 12.1. The minimum Gasteiger partial charge on any atom is -0.352 e. The van der Waals surface area contributed by atoms with Gasteiger partial charge in [-0.2, -0.15) is 0 Å². The van der Waals surface area contributed by atoms with Crippen LogP contribution in [0.3, 0.4) is 0 Å². The Kier molecular flexibility index (Phi) is 10.2. The monoisotopic (exact) mass is 355 g/mol. The van der Waals surface area contributed by atoms with E-state index in [1.165, 1.54) is 0 Å². The van der Waals surface area contributed by atoms with Crippen LogP contribution in [0.5, 0.6) is 0 Å². The zero-order valence-electron chi connectivity index (χ0n) is 13.1. The Balaban J connectivity index is 0.00000242. The first-order valence-corrected chi connectivity index (χ1v) is 7.23. The molecule has 0 spiro atoms. The van der Waals surface area contributed by atoms with Crippen molar-refractivity contribution in [3.05, 3.63) is 53.7 Å². The van der Waals surface area contributed by atoms with Crippen molar-refractivity contribution in [3.63, 3.8) is 0 Å². The molecule has 0 aliphatic carbocycles. The molecule has 2 rings (SSSR count). The quantitative estimate of drug-likeness (QED) is 0.780. The van der Waals surface area contributed by atoms with Crippen molar-refractivity contribution < 1.29 is 4.79 Å². The number of rotatable bonds is 6. The number of aromatic nitrogens is 1. The van der Waals surface area contributed by atoms with E-state index in [-0.39, 0.29) is 30.7 Å². The lowest BCUT2D eigenvalue weighted by atomic mass is 10.1. The third-order valence-corrected chi connectivity index (χ3v) is 3.32. The molecule has 0 fully saturated rings. The van der Waals surface area contributed by atoms with Crippen molar-refractivity contribution in [2.45, 2.75) is 19.8 Å². The Morgan fingerprint density at radius 3 is 2.39 bits per heavy atom. The summed E-state index contributed by atoms with van der Waals surface area (Å²) in [4.78, 5) is 16.6. The van der Waals surface area contributed by atoms with E-state index in [4.69, 9.17) is 5.73 Å². The van der Waals surface area contributed by atoms with E-state index >= 15 is 0 Å². The van der Waals surface area contributed by atoms with E-state index in [1.807, 2.05) is 49.4 Å². The molecule has 0 saturated heterocycles. The van der Waals surface area contributed by atoms with Crippen molar-refractivity contribution in [1.82, 2.24) is 10.3 Å². The van der Waals surface area contributed by atoms with Gasteiger partial charge in [-0.15, -0.1) is 24.8 Å². The first-order chi connectivity index (χ1) is 10.2. The summed E-state index contributed by atoms with van der Waals surface area (Å²) in [5.41, 5.74) is 8.73. The van der Waals surface area contributed by atoms with Gasteiger partial charge in [-0.1, -0.05) is 30.3 Å². The maximum Gasteiger partial charge on any atom is 0.253 e. The summed E-state index contributed by atoms with van der Waals surface area (Å²) in [5.74, 6) is -0.0726. The second-order valence-electron chi connectivity index (χ2n) is 4.95. The van der Waals surface area contributed by atoms with Gasteiger partial charge in [0.25, 0.3) is 5.91 Å². The average molecular weight is 356 g/mol. The van der Waals surface area contributed by atoms with Gasteiger partial charge in [0.2, 0.25) is 0 Å². The summed E-state index contributed by atoms with van der Waals surface area (Å²) in [6.07, 6.45) is 1.82. The minimum atomic E-state index is -0.0726. The van der Waals surface area contributed by atoms with Crippen LogP contribution in [0.15, 0.2) is 42.5 Å². The third kappa shape index (κ3) is 6.18. The Labute approximate surface area is 149 Å². The van der Waals surface area contributed by atoms with Gasteiger partial charge in [0.15, 0.2) is 0 Å². The topological polar surface area (TPSA) is 68.0 Å². The Morgan fingerprint density at radius 2 is 1.78 bits per heavy atom. The molecule has 0 saturated carbocycles. The second kappa shape index (κ2) is 11.0. The van der Waals surface area contributed by atoms with Crippen LogP contribution in [-0.2, 0) is 0 Å². The summed E-state index contributed by atoms with van der Waals surface area (Å²) < 4.78 is 0. The smallest absolute Gasteiger partial charge is 0.253 e. The first kappa shape index (κ1) is 21.4. The zero-order valence-corrected chi connectivity index (χ0v) is 14.8. The summed E-state index contributed by atoms with van der Waals surface area (Å²) in [7, 11) is 0. The van der Waals surface area contributed by atoms with Crippen molar-refractivity contribution in [1.29, 1.82) is 0 Å². The predicted octanol–water partition coefficient (Wildman–Crippen LogP) is 3.37. The maximum atomic E-state index is 12.1. The van der Waals surface area contributed by atoms with Crippen LogP contribution >= 0.6 is 24.8 Å². The lowest BCUT2D eigenvalue weighted by Crippen LogP contribution is -2.25. The van der Waals surface area contributed by atoms with Crippen molar-refractivity contribution >= 4 is 30.7 Å². The number of hydrogen-bond donors (Lipinski definition) is 2. The fourth-order valence-corrected chi connectivity index (χ4v) is 2.14. The number of amides is 1. The number of unbranched alkanes of at least 4 members (excludes halogenated alkanes) is 1. The Bertz CT molecular complexity index is 606. The molecule has 1 aromatic carbocycles. The molecule has 0 atom stereocenters. The molecule has 23 heavy (non-hydrogen) atoms. The van der Waals surface area contributed by atoms with Gasteiger partial charge < -0.3 is 11.1 Å². The zero-order chi connectivity index (χ0) is 15.1. The third-order valence-electron chi connectivity index (χ3n) is 3.32. The fourth-order valence-electron chi connectivity index (χ4n) is 2.14. The SMILES string of the molecule is Cc1nc(-c2ccccc2)ccc1C(=O)NCCCCN.Cl.Cl. The molecule has 0 aliphatic rings. The van der Waals surface area contributed by atoms with Crippen molar-refractivity contribution in [2.75, 3.05) is 13.1 Å². The number of halogens is 2. The van der Waals surface area contributed by atoms with Gasteiger partial charge in [0.1, 0.15) is 0 Å². The van der Waals surface area contributed by atoms with Crippen LogP contribution in [0.1, 0.15) is 28.9 Å². The van der Waals surface area contributed by atoms with Crippen LogP contribution in [0, 0.1) is 6.92 Å². The average Bonchev–Trinajstić information content (AvgIpc) is 2.52. The molecule has 0 radical (unpaired) electrons. The molecular formula is C17H23Cl2N3O. The largest absolute Gasteiger partial charge is 0.352 e. The molecule has 126 valence electrons. The number of benzene rings is 1. The summed E-state index contributed by atoms with van der Waals surface area (Å²) >= 11 is 0. The number of nitrogens with zero attached hydrogens (tertiary/aromatic N) is 1. The fraction of sp³-hybridized carbons (Fsp3) is 0.294. The molecule has 1 amide bonds. The first-order valence-electron chi connectivity index (χ1n) is 7.23. The number of nitrogens with two attached hydrogens (primary N) is 1. The van der Waals surface area contributed by atoms with Gasteiger partial charge >= 0.3 is 0 Å². The standard InChI is InChI=1S/C17H21N3O.2ClH/c1-13-15(17(21)19-12-6-5-11-18)9-10-16(20-13)14-7-3-2-4-8-14;;/h2-4,7-10H,5-6,11-12,18H2,1H3,(H,19,21);2*1H. The van der Waals surface area contributed by atoms with E-state index in [9.17, 15) is 4.79 Å². The molecule has 1 heterocycles. The van der Waals surface area contributed by atoms with Gasteiger partial charge in [0.05, 0.1) is 17.0 Å². The Hall–Kier alpha value is -1.62. The number of pyridine rings is 1. The van der Waals surface area contributed by atoms with Gasteiger partial charge in [0, 0.05) is 12.1 Å². The van der Waals surface area contributed by atoms with Crippen LogP contribution < -0.4 is 11.1 Å². The predicted molar refractivity (Wildman–Crippen MR) is 99.5 cm³/mol. The highest BCUT2D eigenvalue weighted by Gasteiger charge is 2.10. The second-order valence-corrected chi connectivity index (χ2v) is 4.95. The molecule has 3 N–H and O–H groups in total. The van der Waals surface area contributed by atoms with Crippen LogP contribution in [0.25, 0.3) is 11.3 Å². The van der Waals surface area contributed by atoms with Gasteiger partial charge in [-0.05, 0) is 38.4 Å². The highest BCUT2D eigenvalue weighted by atomic mass is 35.5. The molecule has 1 aromatic heterocycles. The number of aryl methyl sites for hydroxylation is 1. The van der Waals surface area contributed by atoms with E-state index < -0.39 is 0 Å². The number of nitrogens with one attached hydrogen (secondary N) is 1. The van der Waals surface area contributed by atoms with Crippen LogP contribution in [0.2, 0.25) is 0 Å². The molecule has 4 nitrogen and oxygen atoms in total. The number of carbonyl (C=O) groups excluding carboxylic acids is 1. The van der Waals surface area contributed by atoms with E-state index in [0.717, 1.165) is 29.8 Å². The number of carbonyl (C=O) groups is 1. The number of hydrogen-bond acceptors (Lipinski definition) is 3. The van der Waals surface area contributed by atoms with E-state index in [1.54, 1.807) is 0 Å². The van der Waals surface area contributed by atoms with Gasteiger partial charge in [-0.3, -0.25) is 9.78 Å². The minimum absolute atomic E-state index is 0. The summed E-state index contributed by atoms with van der Waals surface area (Å²) in [6, 6.07) is 13.7. The summed E-state index contributed by atoms with van der Waals surface area (Å²) in [5, 5.41) is 2.90. The Morgan fingerprint density at radius 1 is 1.09 bits per heavy atom. The van der Waals surface area contributed by atoms with Gasteiger partial charge in [-0.25, -0.2) is 0 Å². The molecule has 2 aromatic rings. The normalized spacial score (nSPS) is 9.48. The van der Waals surface area contributed by atoms with E-state index in [2.05, 4.69) is 10.3 Å². The molecule has 6 heteroatoms. The van der Waals surface area contributed by atoms with Crippen molar-refractivity contribution in [2.24, 2.45) is 5.73 Å². The van der Waals surface area contributed by atoms with Crippen LogP contribution in [0.4, 0.5) is 0 Å². The van der Waals surface area contributed by atoms with E-state index in [0.29, 0.717) is 18.7 Å². The molecular weight excluding hydrogens is 333 g/mol. The highest BCUT2D eigenvalue weighted by molar-refractivity contribution is 5.95. The molecule has 0 unspecified atom stereocenters. The van der Waals surface area contributed by atoms with Crippen LogP contribution in [-0.4, -0.2) is 24.0 Å². The lowest BCUT2D eigenvalue weighted by molar-refractivity contribution is 0.0952. The summed E-state index contributed by atoms with van der Waals surface area (Å²) in [6.45, 7) is 3.17. The van der Waals surface area contributed by atoms with Crippen molar-refractivity contribution in [3.8, 4) is 11.3 Å². The molecule has 0 bridgehead atoms.